The van der Waals surface area contributed by atoms with E-state index >= 15 is 0 Å². The van der Waals surface area contributed by atoms with E-state index in [1.54, 1.807) is 0 Å². The van der Waals surface area contributed by atoms with Gasteiger partial charge in [0.05, 0.1) is 13.2 Å². The summed E-state index contributed by atoms with van der Waals surface area (Å²) < 4.78 is 5.60. The van der Waals surface area contributed by atoms with E-state index in [1.165, 1.54) is 0 Å². The Morgan fingerprint density at radius 3 is 3.14 bits per heavy atom. The van der Waals surface area contributed by atoms with Crippen molar-refractivity contribution in [2.75, 3.05) is 13.2 Å². The summed E-state index contributed by atoms with van der Waals surface area (Å²) in [6.45, 7) is 3.30. The zero-order valence-electron chi connectivity index (χ0n) is 8.53. The molecule has 4 heteroatoms. The summed E-state index contributed by atoms with van der Waals surface area (Å²) >= 11 is 0. The topological polar surface area (TPSA) is 56.5 Å². The van der Waals surface area contributed by atoms with Gasteiger partial charge in [-0.3, -0.25) is 0 Å². The second-order valence-electron chi connectivity index (χ2n) is 3.18. The smallest absolute Gasteiger partial charge is 0.121 e. The van der Waals surface area contributed by atoms with E-state index in [0.29, 0.717) is 6.61 Å². The fraction of sp³-hybridized carbons (Fsp3) is 0.600. The van der Waals surface area contributed by atoms with E-state index in [1.807, 2.05) is 18.4 Å². The summed E-state index contributed by atoms with van der Waals surface area (Å²) in [6.07, 6.45) is 7.91. The summed E-state index contributed by atoms with van der Waals surface area (Å²) in [4.78, 5) is 4.60. The van der Waals surface area contributed by atoms with Crippen molar-refractivity contribution < 1.29 is 9.57 Å². The molecule has 0 aromatic carbocycles. The highest BCUT2D eigenvalue weighted by Gasteiger charge is 2.15. The summed E-state index contributed by atoms with van der Waals surface area (Å²) in [6, 6.07) is 0.0434. The number of unbranched alkanes of at least 4 members (excludes halogenated alkanes) is 1. The standard InChI is InChI=1S/C10H18N2O2/c1-2-3-7-13-10-5-4-6-12-9(10)8-14-11/h4-6,9,12H,2-3,7-8,11H2,1H3. The van der Waals surface area contributed by atoms with E-state index in [4.69, 9.17) is 10.6 Å². The maximum Gasteiger partial charge on any atom is 0.121 e. The summed E-state index contributed by atoms with van der Waals surface area (Å²) in [5.41, 5.74) is 0. The van der Waals surface area contributed by atoms with Gasteiger partial charge in [0, 0.05) is 0 Å². The second kappa shape index (κ2) is 6.45. The van der Waals surface area contributed by atoms with Crippen molar-refractivity contribution >= 4 is 0 Å². The molecule has 1 unspecified atom stereocenters. The Kier molecular flexibility index (Phi) is 5.11. The van der Waals surface area contributed by atoms with Crippen LogP contribution in [0.3, 0.4) is 0 Å². The maximum atomic E-state index is 5.60. The first-order valence-electron chi connectivity index (χ1n) is 4.95. The van der Waals surface area contributed by atoms with Crippen LogP contribution < -0.4 is 11.2 Å². The first-order chi connectivity index (χ1) is 6.88. The fourth-order valence-corrected chi connectivity index (χ4v) is 1.22. The quantitative estimate of drug-likeness (QED) is 0.495. The molecule has 0 aromatic rings. The van der Waals surface area contributed by atoms with Crippen molar-refractivity contribution in [3.8, 4) is 0 Å². The molecule has 1 aliphatic heterocycles. The number of ether oxygens (including phenoxy) is 1. The predicted octanol–water partition coefficient (Wildman–Crippen LogP) is 1.06. The minimum atomic E-state index is 0.0434. The number of allylic oxidation sites excluding steroid dienone is 2. The first-order valence-corrected chi connectivity index (χ1v) is 4.95. The third-order valence-corrected chi connectivity index (χ3v) is 2.03. The molecular weight excluding hydrogens is 180 g/mol. The molecule has 14 heavy (non-hydrogen) atoms. The highest BCUT2D eigenvalue weighted by atomic mass is 16.6. The Bertz CT molecular complexity index is 214. The zero-order chi connectivity index (χ0) is 10.2. The normalized spacial score (nSPS) is 20.1. The molecule has 0 saturated heterocycles. The molecule has 0 saturated carbocycles. The van der Waals surface area contributed by atoms with Crippen LogP contribution in [0.2, 0.25) is 0 Å². The Labute approximate surface area is 84.7 Å². The van der Waals surface area contributed by atoms with Gasteiger partial charge >= 0.3 is 0 Å². The molecule has 4 nitrogen and oxygen atoms in total. The van der Waals surface area contributed by atoms with Crippen molar-refractivity contribution in [1.82, 2.24) is 5.32 Å². The molecule has 1 atom stereocenters. The van der Waals surface area contributed by atoms with Gasteiger partial charge in [-0.15, -0.1) is 0 Å². The molecule has 0 bridgehead atoms. The molecule has 1 aliphatic rings. The fourth-order valence-electron chi connectivity index (χ4n) is 1.22. The number of rotatable bonds is 6. The van der Waals surface area contributed by atoms with Gasteiger partial charge in [-0.2, -0.15) is 0 Å². The van der Waals surface area contributed by atoms with E-state index in [0.717, 1.165) is 25.2 Å². The van der Waals surface area contributed by atoms with Crippen LogP contribution in [0.5, 0.6) is 0 Å². The number of hydrogen-bond donors (Lipinski definition) is 2. The van der Waals surface area contributed by atoms with Crippen LogP contribution in [0.4, 0.5) is 0 Å². The lowest BCUT2D eigenvalue weighted by atomic mass is 10.2. The molecule has 1 heterocycles. The van der Waals surface area contributed by atoms with Crippen LogP contribution >= 0.6 is 0 Å². The molecule has 0 aliphatic carbocycles. The molecule has 0 aromatic heterocycles. The Morgan fingerprint density at radius 2 is 2.43 bits per heavy atom. The van der Waals surface area contributed by atoms with Crippen molar-refractivity contribution in [2.24, 2.45) is 5.90 Å². The summed E-state index contributed by atoms with van der Waals surface area (Å²) in [7, 11) is 0. The van der Waals surface area contributed by atoms with Crippen LogP contribution in [-0.2, 0) is 9.57 Å². The van der Waals surface area contributed by atoms with E-state index in [9.17, 15) is 0 Å². The number of dihydropyridines is 1. The predicted molar refractivity (Wildman–Crippen MR) is 55.1 cm³/mol. The van der Waals surface area contributed by atoms with Gasteiger partial charge in [-0.25, -0.2) is 5.90 Å². The Morgan fingerprint density at radius 1 is 1.57 bits per heavy atom. The third kappa shape index (κ3) is 3.40. The van der Waals surface area contributed by atoms with E-state index in [2.05, 4.69) is 17.1 Å². The van der Waals surface area contributed by atoms with Crippen molar-refractivity contribution in [3.63, 3.8) is 0 Å². The summed E-state index contributed by atoms with van der Waals surface area (Å²) in [5.74, 6) is 5.92. The van der Waals surface area contributed by atoms with Gasteiger partial charge in [-0.05, 0) is 24.8 Å². The van der Waals surface area contributed by atoms with Gasteiger partial charge < -0.3 is 14.9 Å². The van der Waals surface area contributed by atoms with Gasteiger partial charge in [0.1, 0.15) is 11.8 Å². The molecule has 0 fully saturated rings. The number of nitrogens with one attached hydrogen (secondary N) is 1. The van der Waals surface area contributed by atoms with E-state index < -0.39 is 0 Å². The molecule has 80 valence electrons. The summed E-state index contributed by atoms with van der Waals surface area (Å²) in [5, 5.41) is 3.12. The molecular formula is C10H18N2O2. The van der Waals surface area contributed by atoms with Crippen LogP contribution in [0.1, 0.15) is 19.8 Å². The monoisotopic (exact) mass is 198 g/mol. The van der Waals surface area contributed by atoms with Crippen molar-refractivity contribution in [3.05, 3.63) is 24.1 Å². The highest BCUT2D eigenvalue weighted by Crippen LogP contribution is 2.10. The second-order valence-corrected chi connectivity index (χ2v) is 3.18. The molecule has 1 rings (SSSR count). The van der Waals surface area contributed by atoms with Gasteiger partial charge in [0.25, 0.3) is 0 Å². The lowest BCUT2D eigenvalue weighted by Crippen LogP contribution is -2.35. The molecule has 0 radical (unpaired) electrons. The largest absolute Gasteiger partial charge is 0.496 e. The molecule has 0 spiro atoms. The lowest BCUT2D eigenvalue weighted by molar-refractivity contribution is 0.0962. The van der Waals surface area contributed by atoms with E-state index in [-0.39, 0.29) is 6.04 Å². The maximum absolute atomic E-state index is 5.60. The molecule has 3 N–H and O–H groups in total. The number of nitrogens with two attached hydrogens (primary N) is 1. The number of hydrogen-bond acceptors (Lipinski definition) is 4. The van der Waals surface area contributed by atoms with Crippen molar-refractivity contribution in [2.45, 2.75) is 25.8 Å². The van der Waals surface area contributed by atoms with Crippen molar-refractivity contribution in [1.29, 1.82) is 0 Å². The van der Waals surface area contributed by atoms with Gasteiger partial charge in [0.2, 0.25) is 0 Å². The minimum absolute atomic E-state index is 0.0434. The third-order valence-electron chi connectivity index (χ3n) is 2.03. The average Bonchev–Trinajstić information content (AvgIpc) is 2.21. The van der Waals surface area contributed by atoms with Crippen LogP contribution in [0.25, 0.3) is 0 Å². The SMILES string of the molecule is CCCCOC1=CC=CNC1CON. The highest BCUT2D eigenvalue weighted by molar-refractivity contribution is 5.18. The zero-order valence-corrected chi connectivity index (χ0v) is 8.53. The van der Waals surface area contributed by atoms with Crippen LogP contribution in [0, 0.1) is 0 Å². The average molecular weight is 198 g/mol. The van der Waals surface area contributed by atoms with Gasteiger partial charge in [-0.1, -0.05) is 13.3 Å². The van der Waals surface area contributed by atoms with Crippen LogP contribution in [-0.4, -0.2) is 19.3 Å². The van der Waals surface area contributed by atoms with Gasteiger partial charge in [0.15, 0.2) is 0 Å². The lowest BCUT2D eigenvalue weighted by Gasteiger charge is -2.22. The van der Waals surface area contributed by atoms with Crippen LogP contribution in [0.15, 0.2) is 24.1 Å². The first kappa shape index (κ1) is 11.1. The Hall–Kier alpha value is -1.00. The minimum Gasteiger partial charge on any atom is -0.496 e. The Balaban J connectivity index is 2.37. The molecule has 0 amide bonds.